The smallest absolute Gasteiger partial charge is 0.370 e. The number of hydrogen-bond donors (Lipinski definition) is 6. The van der Waals surface area contributed by atoms with Gasteiger partial charge in [-0.1, -0.05) is 13.7 Å². The Morgan fingerprint density at radius 1 is 0.714 bits per heavy atom. The Morgan fingerprint density at radius 2 is 1.10 bits per heavy atom. The van der Waals surface area contributed by atoms with Crippen molar-refractivity contribution in [3.05, 3.63) is 0 Å². The molecule has 6 N–H and O–H groups in total. The van der Waals surface area contributed by atoms with Gasteiger partial charge in [-0.05, 0) is 0 Å². The van der Waals surface area contributed by atoms with Crippen LogP contribution in [-0.4, -0.2) is 65.0 Å². The van der Waals surface area contributed by atoms with E-state index in [1.807, 2.05) is 0 Å². The third kappa shape index (κ3) is 2.13. The van der Waals surface area contributed by atoms with Gasteiger partial charge in [0.1, 0.15) is 0 Å². The van der Waals surface area contributed by atoms with E-state index < -0.39 is 58.4 Å². The summed E-state index contributed by atoms with van der Waals surface area (Å²) in [6.45, 7) is 0. The first-order valence-electron chi connectivity index (χ1n) is 4.95. The van der Waals surface area contributed by atoms with Gasteiger partial charge in [0.25, 0.3) is 0 Å². The van der Waals surface area contributed by atoms with Gasteiger partial charge in [-0.2, -0.15) is 0 Å². The molecule has 0 aromatic heterocycles. The lowest BCUT2D eigenvalue weighted by atomic mass is 9.83. The molecule has 12 nitrogen and oxygen atoms in total. The monoisotopic (exact) mass is 366 g/mol. The van der Waals surface area contributed by atoms with Crippen molar-refractivity contribution in [3.63, 3.8) is 0 Å². The van der Waals surface area contributed by atoms with Gasteiger partial charge in [-0.25, -0.2) is 0 Å². The van der Waals surface area contributed by atoms with Gasteiger partial charge in [0.15, 0.2) is 12.2 Å². The quantitative estimate of drug-likeness (QED) is 0.256. The SMILES string of the molecule is O=[P+]([O-])[C@@]1(O)[C@H](O)[C@@H](O)[C@](O)([P+](=O)[O-])[C@@](O)([P+](=O)[O-])[C@@H]1O. The minimum Gasteiger partial charge on any atom is -0.593 e. The van der Waals surface area contributed by atoms with E-state index in [2.05, 4.69) is 0 Å². The molecule has 0 radical (unpaired) electrons. The third-order valence-electron chi connectivity index (χ3n) is 3.32. The molecule has 120 valence electrons. The van der Waals surface area contributed by atoms with Crippen LogP contribution >= 0.6 is 24.1 Å². The summed E-state index contributed by atoms with van der Waals surface area (Å²) in [6.07, 6.45) is -9.57. The lowest BCUT2D eigenvalue weighted by Gasteiger charge is -2.46. The van der Waals surface area contributed by atoms with Crippen LogP contribution in [0.15, 0.2) is 0 Å². The van der Waals surface area contributed by atoms with Gasteiger partial charge >= 0.3 is 40.1 Å². The van der Waals surface area contributed by atoms with Crippen LogP contribution in [0.4, 0.5) is 0 Å². The van der Waals surface area contributed by atoms with E-state index in [1.54, 1.807) is 0 Å². The highest BCUT2D eigenvalue weighted by Gasteiger charge is 2.88. The number of aliphatic hydroxyl groups excluding tert-OH is 3. The molecule has 0 aliphatic heterocycles. The summed E-state index contributed by atoms with van der Waals surface area (Å²) >= 11 is 0. The largest absolute Gasteiger partial charge is 0.593 e. The fourth-order valence-corrected chi connectivity index (χ4v) is 4.89. The Hall–Kier alpha value is -0.0600. The van der Waals surface area contributed by atoms with E-state index in [0.29, 0.717) is 0 Å². The van der Waals surface area contributed by atoms with Crippen LogP contribution in [0, 0.1) is 0 Å². The second-order valence-corrected chi connectivity index (χ2v) is 7.92. The molecule has 0 aromatic rings. The van der Waals surface area contributed by atoms with Crippen molar-refractivity contribution in [2.24, 2.45) is 0 Å². The molecule has 0 saturated heterocycles. The molecular weight excluding hydrogens is 357 g/mol. The summed E-state index contributed by atoms with van der Waals surface area (Å²) in [7, 11) is -13.2. The minimum atomic E-state index is -4.52. The number of rotatable bonds is 3. The molecule has 9 atom stereocenters. The Kier molecular flexibility index (Phi) is 5.01. The van der Waals surface area contributed by atoms with E-state index in [0.717, 1.165) is 0 Å². The highest BCUT2D eigenvalue weighted by Crippen LogP contribution is 2.61. The second kappa shape index (κ2) is 5.54. The first kappa shape index (κ1) is 19.0. The molecule has 15 heteroatoms. The molecule has 0 heterocycles. The average molecular weight is 366 g/mol. The van der Waals surface area contributed by atoms with Crippen LogP contribution in [0.5, 0.6) is 0 Å². The summed E-state index contributed by atoms with van der Waals surface area (Å²) in [6, 6.07) is 0. The molecule has 3 unspecified atom stereocenters. The standard InChI is InChI=1S/C6H9O12P3/c7-1-2(8)5(11,20(15)16)6(12,21(17)18)3(9)4(1,10)19(13)14/h1-3,7-12H/t1-,2-,3-,4+,5+,6+/m1/s1. The molecule has 1 rings (SSSR count). The Morgan fingerprint density at radius 3 is 1.38 bits per heavy atom. The Bertz CT molecular complexity index is 511. The van der Waals surface area contributed by atoms with Gasteiger partial charge in [-0.3, -0.25) is 0 Å². The van der Waals surface area contributed by atoms with Crippen molar-refractivity contribution >= 4 is 24.1 Å². The van der Waals surface area contributed by atoms with Gasteiger partial charge in [0.2, 0.25) is 6.10 Å². The Labute approximate surface area is 118 Å². The first-order chi connectivity index (χ1) is 9.30. The van der Waals surface area contributed by atoms with Crippen molar-refractivity contribution in [2.75, 3.05) is 0 Å². The average Bonchev–Trinajstić information content (AvgIpc) is 2.39. The second-order valence-electron chi connectivity index (χ2n) is 4.30. The maximum absolute atomic E-state index is 11.1. The topological polar surface area (TPSA) is 242 Å². The Balaban J connectivity index is 3.74. The van der Waals surface area contributed by atoms with E-state index in [4.69, 9.17) is 0 Å². The van der Waals surface area contributed by atoms with Crippen molar-refractivity contribution in [1.29, 1.82) is 0 Å². The van der Waals surface area contributed by atoms with E-state index in [-0.39, 0.29) is 0 Å². The molecule has 0 amide bonds. The molecule has 1 saturated carbocycles. The molecular formula is C6H9O12P3. The zero-order valence-electron chi connectivity index (χ0n) is 9.71. The highest BCUT2D eigenvalue weighted by atomic mass is 31.1. The molecule has 0 bridgehead atoms. The maximum atomic E-state index is 11.1. The lowest BCUT2D eigenvalue weighted by Crippen LogP contribution is -2.79. The molecule has 0 spiro atoms. The zero-order valence-corrected chi connectivity index (χ0v) is 12.4. The first-order valence-corrected chi connectivity index (χ1v) is 8.48. The zero-order chi connectivity index (χ0) is 17.0. The predicted molar refractivity (Wildman–Crippen MR) is 55.7 cm³/mol. The summed E-state index contributed by atoms with van der Waals surface area (Å²) in [5.74, 6) is 0. The fraction of sp³-hybridized carbons (Fsp3) is 1.00. The molecule has 0 aromatic carbocycles. The highest BCUT2D eigenvalue weighted by molar-refractivity contribution is 7.44. The van der Waals surface area contributed by atoms with Gasteiger partial charge in [0, 0.05) is 0 Å². The van der Waals surface area contributed by atoms with Crippen molar-refractivity contribution in [3.8, 4) is 0 Å². The van der Waals surface area contributed by atoms with Gasteiger partial charge in [-0.15, -0.1) is 0 Å². The van der Waals surface area contributed by atoms with Crippen molar-refractivity contribution < 1.29 is 59.0 Å². The molecule has 1 aliphatic carbocycles. The third-order valence-corrected chi connectivity index (χ3v) is 6.90. The van der Waals surface area contributed by atoms with Crippen LogP contribution in [0.2, 0.25) is 0 Å². The van der Waals surface area contributed by atoms with Crippen LogP contribution in [0.1, 0.15) is 0 Å². The summed E-state index contributed by atoms with van der Waals surface area (Å²) in [4.78, 5) is 33.0. The molecule has 1 aliphatic rings. The van der Waals surface area contributed by atoms with Gasteiger partial charge < -0.3 is 45.3 Å². The van der Waals surface area contributed by atoms with E-state index >= 15 is 0 Å². The normalized spacial score (nSPS) is 49.6. The van der Waals surface area contributed by atoms with Crippen molar-refractivity contribution in [1.82, 2.24) is 0 Å². The van der Waals surface area contributed by atoms with Crippen molar-refractivity contribution in [2.45, 2.75) is 34.3 Å². The van der Waals surface area contributed by atoms with E-state index in [1.165, 1.54) is 0 Å². The number of hydrogen-bond acceptors (Lipinski definition) is 12. The summed E-state index contributed by atoms with van der Waals surface area (Å²) in [5.41, 5.74) is 0. The minimum absolute atomic E-state index is 3.03. The summed E-state index contributed by atoms with van der Waals surface area (Å²) < 4.78 is 33.0. The predicted octanol–water partition coefficient (Wildman–Crippen LogP) is -5.54. The molecule has 21 heavy (non-hydrogen) atoms. The van der Waals surface area contributed by atoms with Crippen LogP contribution in [-0.2, 0) is 13.7 Å². The van der Waals surface area contributed by atoms with E-state index in [9.17, 15) is 59.0 Å². The maximum Gasteiger partial charge on any atom is 0.370 e. The lowest BCUT2D eigenvalue weighted by molar-refractivity contribution is -0.306. The number of aliphatic hydroxyl groups is 6. The van der Waals surface area contributed by atoms with Crippen LogP contribution in [0.3, 0.4) is 0 Å². The summed E-state index contributed by atoms with van der Waals surface area (Å²) in [5, 5.41) is 45.7. The van der Waals surface area contributed by atoms with Gasteiger partial charge in [0.05, 0.1) is 0 Å². The van der Waals surface area contributed by atoms with Crippen LogP contribution < -0.4 is 14.7 Å². The fourth-order valence-electron chi connectivity index (χ4n) is 2.01. The molecule has 1 fully saturated rings. The van der Waals surface area contributed by atoms with Crippen LogP contribution in [0.25, 0.3) is 0 Å².